The van der Waals surface area contributed by atoms with Gasteiger partial charge in [-0.05, 0) is 23.3 Å². The summed E-state index contributed by atoms with van der Waals surface area (Å²) < 4.78 is 0. The molecule has 3 nitrogen and oxygen atoms in total. The zero-order valence-electron chi connectivity index (χ0n) is 10.4. The van der Waals surface area contributed by atoms with Crippen LogP contribution in [0.5, 0.6) is 0 Å². The van der Waals surface area contributed by atoms with E-state index >= 15 is 0 Å². The molecule has 1 rings (SSSR count). The van der Waals surface area contributed by atoms with Crippen LogP contribution in [-0.2, 0) is 5.75 Å². The van der Waals surface area contributed by atoms with Gasteiger partial charge in [-0.2, -0.15) is 11.8 Å². The fraction of sp³-hybridized carbons (Fsp3) is 0.462. The molecule has 1 unspecified atom stereocenters. The monoisotopic (exact) mass is 252 g/mol. The number of hydrogen-bond donors (Lipinski definition) is 2. The van der Waals surface area contributed by atoms with Crippen LogP contribution in [0, 0.1) is 5.92 Å². The number of nitrogens with two attached hydrogens (primary N) is 1. The summed E-state index contributed by atoms with van der Waals surface area (Å²) in [6.07, 6.45) is 1.22. The molecular formula is C13H20N2OS. The lowest BCUT2D eigenvalue weighted by Crippen LogP contribution is -2.13. The number of thioether (sulfide) groups is 1. The Labute approximate surface area is 107 Å². The van der Waals surface area contributed by atoms with Crippen LogP contribution in [0.1, 0.15) is 31.4 Å². The van der Waals surface area contributed by atoms with Crippen LogP contribution in [0.3, 0.4) is 0 Å². The van der Waals surface area contributed by atoms with Gasteiger partial charge in [0, 0.05) is 11.3 Å². The molecule has 0 saturated heterocycles. The van der Waals surface area contributed by atoms with Crippen molar-refractivity contribution in [1.82, 2.24) is 0 Å². The van der Waals surface area contributed by atoms with E-state index in [-0.39, 0.29) is 5.84 Å². The Kier molecular flexibility index (Phi) is 5.91. The molecule has 0 amide bonds. The van der Waals surface area contributed by atoms with Crippen LogP contribution in [0.4, 0.5) is 0 Å². The van der Waals surface area contributed by atoms with Gasteiger partial charge < -0.3 is 10.9 Å². The molecule has 4 heteroatoms. The molecule has 0 saturated carbocycles. The van der Waals surface area contributed by atoms with Gasteiger partial charge in [-0.3, -0.25) is 0 Å². The molecule has 1 aromatic carbocycles. The highest BCUT2D eigenvalue weighted by molar-refractivity contribution is 7.98. The van der Waals surface area contributed by atoms with E-state index in [2.05, 4.69) is 25.1 Å². The molecule has 0 heterocycles. The van der Waals surface area contributed by atoms with E-state index in [1.165, 1.54) is 17.7 Å². The van der Waals surface area contributed by atoms with Crippen LogP contribution >= 0.6 is 11.8 Å². The molecule has 3 N–H and O–H groups in total. The van der Waals surface area contributed by atoms with E-state index in [1.807, 2.05) is 30.0 Å². The van der Waals surface area contributed by atoms with Crippen LogP contribution in [0.15, 0.2) is 29.4 Å². The third kappa shape index (κ3) is 4.69. The van der Waals surface area contributed by atoms with Gasteiger partial charge in [-0.1, -0.05) is 43.6 Å². The van der Waals surface area contributed by atoms with E-state index in [1.54, 1.807) is 0 Å². The molecule has 17 heavy (non-hydrogen) atoms. The van der Waals surface area contributed by atoms with Gasteiger partial charge >= 0.3 is 0 Å². The molecule has 0 aliphatic carbocycles. The summed E-state index contributed by atoms with van der Waals surface area (Å²) in [7, 11) is 0. The largest absolute Gasteiger partial charge is 0.409 e. The van der Waals surface area contributed by atoms with Crippen molar-refractivity contribution in [2.75, 3.05) is 5.75 Å². The molecule has 0 spiro atoms. The number of nitrogens with zero attached hydrogens (tertiary/aromatic N) is 1. The van der Waals surface area contributed by atoms with Crippen molar-refractivity contribution < 1.29 is 5.21 Å². The molecule has 1 aromatic rings. The van der Waals surface area contributed by atoms with Gasteiger partial charge in [-0.25, -0.2) is 0 Å². The van der Waals surface area contributed by atoms with Crippen molar-refractivity contribution in [2.45, 2.75) is 26.0 Å². The van der Waals surface area contributed by atoms with Gasteiger partial charge in [0.25, 0.3) is 0 Å². The third-order valence-electron chi connectivity index (χ3n) is 2.70. The summed E-state index contributed by atoms with van der Waals surface area (Å²) in [6, 6.07) is 7.82. The molecule has 94 valence electrons. The van der Waals surface area contributed by atoms with Crippen LogP contribution in [0.2, 0.25) is 0 Å². The van der Waals surface area contributed by atoms with Crippen molar-refractivity contribution in [3.05, 3.63) is 35.4 Å². The standard InChI is InChI=1S/C13H20N2OS/c1-3-10(2)8-17-9-11-5-4-6-12(7-11)13(14)15-16/h4-7,10,16H,3,8-9H2,1-2H3,(H2,14,15). The molecule has 0 bridgehead atoms. The lowest BCUT2D eigenvalue weighted by Gasteiger charge is -2.08. The Balaban J connectivity index is 2.54. The SMILES string of the molecule is CCC(C)CSCc1cccc(/C(N)=N/O)c1. The fourth-order valence-electron chi connectivity index (χ4n) is 1.37. The van der Waals surface area contributed by atoms with Gasteiger partial charge in [0.1, 0.15) is 0 Å². The first-order chi connectivity index (χ1) is 8.17. The minimum atomic E-state index is 0.166. The highest BCUT2D eigenvalue weighted by Crippen LogP contribution is 2.17. The number of amidine groups is 1. The Bertz CT molecular complexity index is 379. The molecule has 0 aromatic heterocycles. The first-order valence-electron chi connectivity index (χ1n) is 5.82. The lowest BCUT2D eigenvalue weighted by molar-refractivity contribution is 0.318. The van der Waals surface area contributed by atoms with Crippen LogP contribution in [-0.4, -0.2) is 16.8 Å². The molecule has 0 aliphatic rings. The fourth-order valence-corrected chi connectivity index (χ4v) is 2.55. The first-order valence-corrected chi connectivity index (χ1v) is 6.97. The molecule has 0 aliphatic heterocycles. The maximum absolute atomic E-state index is 8.62. The molecule has 0 radical (unpaired) electrons. The molecular weight excluding hydrogens is 232 g/mol. The predicted molar refractivity (Wildman–Crippen MR) is 74.6 cm³/mol. The Morgan fingerprint density at radius 1 is 1.53 bits per heavy atom. The highest BCUT2D eigenvalue weighted by atomic mass is 32.2. The predicted octanol–water partition coefficient (Wildman–Crippen LogP) is 3.06. The third-order valence-corrected chi connectivity index (χ3v) is 4.04. The van der Waals surface area contributed by atoms with E-state index in [0.717, 1.165) is 17.2 Å². The second kappa shape index (κ2) is 7.22. The van der Waals surface area contributed by atoms with Crippen LogP contribution < -0.4 is 5.73 Å². The highest BCUT2D eigenvalue weighted by Gasteiger charge is 2.02. The summed E-state index contributed by atoms with van der Waals surface area (Å²) in [6.45, 7) is 4.48. The minimum Gasteiger partial charge on any atom is -0.409 e. The van der Waals surface area contributed by atoms with E-state index < -0.39 is 0 Å². The smallest absolute Gasteiger partial charge is 0.170 e. The van der Waals surface area contributed by atoms with Gasteiger partial charge in [0.2, 0.25) is 0 Å². The van der Waals surface area contributed by atoms with E-state index in [4.69, 9.17) is 10.9 Å². The summed E-state index contributed by atoms with van der Waals surface area (Å²) >= 11 is 1.92. The van der Waals surface area contributed by atoms with Gasteiger partial charge in [-0.15, -0.1) is 0 Å². The maximum Gasteiger partial charge on any atom is 0.170 e. The second-order valence-electron chi connectivity index (χ2n) is 4.21. The van der Waals surface area contributed by atoms with Gasteiger partial charge in [0.05, 0.1) is 0 Å². The van der Waals surface area contributed by atoms with Crippen LogP contribution in [0.25, 0.3) is 0 Å². The van der Waals surface area contributed by atoms with Crippen molar-refractivity contribution in [3.8, 4) is 0 Å². The van der Waals surface area contributed by atoms with E-state index in [0.29, 0.717) is 0 Å². The summed E-state index contributed by atoms with van der Waals surface area (Å²) in [5, 5.41) is 11.6. The normalized spacial score (nSPS) is 13.6. The van der Waals surface area contributed by atoms with Crippen molar-refractivity contribution in [3.63, 3.8) is 0 Å². The summed E-state index contributed by atoms with van der Waals surface area (Å²) in [5.41, 5.74) is 7.54. The number of rotatable bonds is 6. The summed E-state index contributed by atoms with van der Waals surface area (Å²) in [4.78, 5) is 0. The average molecular weight is 252 g/mol. The number of oxime groups is 1. The minimum absolute atomic E-state index is 0.166. The van der Waals surface area contributed by atoms with Crippen molar-refractivity contribution in [2.24, 2.45) is 16.8 Å². The van der Waals surface area contributed by atoms with Crippen molar-refractivity contribution >= 4 is 17.6 Å². The topological polar surface area (TPSA) is 58.6 Å². The maximum atomic E-state index is 8.62. The van der Waals surface area contributed by atoms with Gasteiger partial charge in [0.15, 0.2) is 5.84 Å². The first kappa shape index (κ1) is 13.9. The Morgan fingerprint density at radius 3 is 2.94 bits per heavy atom. The van der Waals surface area contributed by atoms with Crippen molar-refractivity contribution in [1.29, 1.82) is 0 Å². The Hall–Kier alpha value is -1.16. The zero-order chi connectivity index (χ0) is 12.7. The number of hydrogen-bond acceptors (Lipinski definition) is 3. The lowest BCUT2D eigenvalue weighted by atomic mass is 10.1. The number of benzene rings is 1. The summed E-state index contributed by atoms with van der Waals surface area (Å²) in [5.74, 6) is 3.06. The average Bonchev–Trinajstić information content (AvgIpc) is 2.38. The quantitative estimate of drug-likeness (QED) is 0.354. The van der Waals surface area contributed by atoms with E-state index in [9.17, 15) is 0 Å². The zero-order valence-corrected chi connectivity index (χ0v) is 11.2. The Morgan fingerprint density at radius 2 is 2.29 bits per heavy atom. The second-order valence-corrected chi connectivity index (χ2v) is 5.24. The molecule has 1 atom stereocenters. The molecule has 0 fully saturated rings.